The highest BCUT2D eigenvalue weighted by Gasteiger charge is 2.33. The van der Waals surface area contributed by atoms with E-state index in [1.54, 1.807) is 31.2 Å². The van der Waals surface area contributed by atoms with Crippen LogP contribution < -0.4 is 10.1 Å². The van der Waals surface area contributed by atoms with E-state index in [9.17, 15) is 20.0 Å². The molecule has 4 aromatic rings. The predicted octanol–water partition coefficient (Wildman–Crippen LogP) is 4.70. The summed E-state index contributed by atoms with van der Waals surface area (Å²) >= 11 is 2.51. The molecule has 2 aromatic heterocycles. The Labute approximate surface area is 230 Å². The van der Waals surface area contributed by atoms with Crippen molar-refractivity contribution >= 4 is 39.8 Å². The average molecular weight is 561 g/mol. The summed E-state index contributed by atoms with van der Waals surface area (Å²) in [6, 6.07) is 13.2. The lowest BCUT2D eigenvalue weighted by atomic mass is 9.98. The Kier molecular flexibility index (Phi) is 7.25. The van der Waals surface area contributed by atoms with Crippen molar-refractivity contribution in [2.24, 2.45) is 0 Å². The number of nitro benzene ring substituents is 1. The number of rotatable bonds is 7. The fourth-order valence-electron chi connectivity index (χ4n) is 4.36. The molecule has 11 nitrogen and oxygen atoms in total. The van der Waals surface area contributed by atoms with Crippen molar-refractivity contribution in [1.82, 2.24) is 15.2 Å². The fraction of sp³-hybridized carbons (Fsp3) is 0.192. The number of hydrogen-bond acceptors (Lipinski definition) is 11. The Morgan fingerprint density at radius 3 is 2.82 bits per heavy atom. The molecule has 2 atom stereocenters. The van der Waals surface area contributed by atoms with Crippen molar-refractivity contribution < 1.29 is 19.6 Å². The van der Waals surface area contributed by atoms with Crippen LogP contribution in [0.25, 0.3) is 11.1 Å². The number of nitrogens with zero attached hydrogens (tertiary/aromatic N) is 5. The van der Waals surface area contributed by atoms with Crippen LogP contribution in [-0.2, 0) is 6.42 Å². The van der Waals surface area contributed by atoms with Gasteiger partial charge in [0.15, 0.2) is 4.34 Å². The van der Waals surface area contributed by atoms with Gasteiger partial charge in [0, 0.05) is 40.4 Å². The molecule has 0 bridgehead atoms. The smallest absolute Gasteiger partial charge is 0.270 e. The number of carbonyl (C=O) groups excluding carboxylic acids is 1. The number of benzene rings is 2. The summed E-state index contributed by atoms with van der Waals surface area (Å²) in [5, 5.41) is 42.3. The van der Waals surface area contributed by atoms with Gasteiger partial charge in [0.05, 0.1) is 35.3 Å². The molecule has 0 unspecified atom stereocenters. The van der Waals surface area contributed by atoms with E-state index >= 15 is 0 Å². The van der Waals surface area contributed by atoms with E-state index in [4.69, 9.17) is 10.00 Å². The van der Waals surface area contributed by atoms with Crippen LogP contribution in [-0.4, -0.2) is 43.5 Å². The number of anilines is 1. The number of pyridine rings is 1. The van der Waals surface area contributed by atoms with Gasteiger partial charge in [-0.2, -0.15) is 5.26 Å². The second-order valence-electron chi connectivity index (χ2n) is 8.67. The molecular weight excluding hydrogens is 540 g/mol. The number of carbonyl (C=O) groups is 1. The van der Waals surface area contributed by atoms with Crippen molar-refractivity contribution in [2.75, 3.05) is 12.4 Å². The zero-order valence-corrected chi connectivity index (χ0v) is 22.2. The number of nitrogens with one attached hydrogen (secondary N) is 1. The summed E-state index contributed by atoms with van der Waals surface area (Å²) in [6.07, 6.45) is 1.25. The monoisotopic (exact) mass is 560 g/mol. The van der Waals surface area contributed by atoms with Crippen molar-refractivity contribution in [3.63, 3.8) is 0 Å². The minimum Gasteiger partial charge on any atom is -0.496 e. The normalized spacial score (nSPS) is 15.8. The van der Waals surface area contributed by atoms with Gasteiger partial charge in [-0.05, 0) is 48.7 Å². The number of aliphatic hydroxyl groups is 1. The number of non-ortho nitro benzene ring substituents is 1. The molecule has 1 amide bonds. The first-order chi connectivity index (χ1) is 18.8. The molecule has 1 aliphatic carbocycles. The van der Waals surface area contributed by atoms with Crippen molar-refractivity contribution in [3.05, 3.63) is 86.7 Å². The average Bonchev–Trinajstić information content (AvgIpc) is 3.50. The fourth-order valence-corrected chi connectivity index (χ4v) is 6.52. The summed E-state index contributed by atoms with van der Waals surface area (Å²) in [5.74, 6) is -0.149. The van der Waals surface area contributed by atoms with Gasteiger partial charge < -0.3 is 9.84 Å². The number of nitro groups is 1. The number of hydrogen-bond donors (Lipinski definition) is 2. The number of methoxy groups -OCH3 is 1. The maximum Gasteiger partial charge on any atom is 0.270 e. The number of fused-ring (bicyclic) bond motifs is 1. The maximum atomic E-state index is 13.3. The molecular formula is C26H20N6O5S2. The van der Waals surface area contributed by atoms with E-state index in [1.165, 1.54) is 43.3 Å². The van der Waals surface area contributed by atoms with Gasteiger partial charge in [0.1, 0.15) is 5.75 Å². The molecule has 2 heterocycles. The Morgan fingerprint density at radius 2 is 2.08 bits per heavy atom. The second kappa shape index (κ2) is 10.8. The lowest BCUT2D eigenvalue weighted by molar-refractivity contribution is -0.384. The third-order valence-electron chi connectivity index (χ3n) is 6.21. The topological polar surface area (TPSA) is 164 Å². The van der Waals surface area contributed by atoms with Crippen molar-refractivity contribution in [2.45, 2.75) is 29.0 Å². The predicted molar refractivity (Wildman–Crippen MR) is 145 cm³/mol. The molecule has 0 fully saturated rings. The molecule has 0 saturated heterocycles. The molecule has 0 aliphatic heterocycles. The van der Waals surface area contributed by atoms with Crippen LogP contribution in [0.4, 0.5) is 10.8 Å². The van der Waals surface area contributed by atoms with Crippen LogP contribution >= 0.6 is 23.1 Å². The Hall–Kier alpha value is -4.38. The zero-order chi connectivity index (χ0) is 27.7. The zero-order valence-electron chi connectivity index (χ0n) is 20.6. The standard InChI is InChI=1S/C26H20N6O5S2/c1-13-7-18(19-10-16(32(35)36)4-6-21(19)37-2)20(12-28-13)24(34)29-25-30-31-26(39-25)38-22-9-15-8-14(11-27)3-5-17(15)23(22)33/h3-8,10,12,22-23,33H,9H2,1-2H3,(H,29,30,34)/t22-,23+/m1/s1. The van der Waals surface area contributed by atoms with E-state index in [-0.39, 0.29) is 21.6 Å². The molecule has 196 valence electrons. The summed E-state index contributed by atoms with van der Waals surface area (Å²) in [4.78, 5) is 28.4. The summed E-state index contributed by atoms with van der Waals surface area (Å²) in [6.45, 7) is 1.75. The SMILES string of the molecule is COc1ccc([N+](=O)[O-])cc1-c1cc(C)ncc1C(=O)Nc1nnc(S[C@@H]2Cc3cc(C#N)ccc3[C@@H]2O)s1. The van der Waals surface area contributed by atoms with Crippen LogP contribution in [0.2, 0.25) is 0 Å². The molecule has 1 aliphatic rings. The van der Waals surface area contributed by atoms with E-state index in [1.807, 2.05) is 0 Å². The van der Waals surface area contributed by atoms with Gasteiger partial charge in [-0.3, -0.25) is 25.2 Å². The van der Waals surface area contributed by atoms with Crippen LogP contribution in [0.1, 0.15) is 38.8 Å². The van der Waals surface area contributed by atoms with Crippen LogP contribution in [0.15, 0.2) is 53.0 Å². The number of aromatic nitrogens is 3. The van der Waals surface area contributed by atoms with Crippen LogP contribution in [0.5, 0.6) is 5.75 Å². The molecule has 0 saturated carbocycles. The Balaban J connectivity index is 1.36. The van der Waals surface area contributed by atoms with E-state index in [2.05, 4.69) is 26.6 Å². The highest BCUT2D eigenvalue weighted by atomic mass is 32.2. The van der Waals surface area contributed by atoms with E-state index in [0.29, 0.717) is 38.9 Å². The van der Waals surface area contributed by atoms with E-state index in [0.717, 1.165) is 22.5 Å². The summed E-state index contributed by atoms with van der Waals surface area (Å²) in [7, 11) is 1.45. The van der Waals surface area contributed by atoms with E-state index < -0.39 is 16.9 Å². The third-order valence-corrected chi connectivity index (χ3v) is 8.39. The number of aryl methyl sites for hydroxylation is 1. The first-order valence-electron chi connectivity index (χ1n) is 11.6. The van der Waals surface area contributed by atoms with Gasteiger partial charge in [0.25, 0.3) is 11.6 Å². The number of amides is 1. The Bertz CT molecular complexity index is 1650. The van der Waals surface area contributed by atoms with Gasteiger partial charge in [-0.15, -0.1) is 10.2 Å². The van der Waals surface area contributed by atoms with Gasteiger partial charge >= 0.3 is 0 Å². The maximum absolute atomic E-state index is 13.3. The van der Waals surface area contributed by atoms with Crippen LogP contribution in [0.3, 0.4) is 0 Å². The van der Waals surface area contributed by atoms with Gasteiger partial charge in [0.2, 0.25) is 5.13 Å². The molecule has 0 radical (unpaired) electrons. The summed E-state index contributed by atoms with van der Waals surface area (Å²) < 4.78 is 5.97. The quantitative estimate of drug-likeness (QED) is 0.184. The lowest BCUT2D eigenvalue weighted by Crippen LogP contribution is -2.14. The number of thioether (sulfide) groups is 1. The molecule has 2 N–H and O–H groups in total. The molecule has 2 aromatic carbocycles. The Morgan fingerprint density at radius 1 is 1.26 bits per heavy atom. The number of aliphatic hydroxyl groups excluding tert-OH is 1. The second-order valence-corrected chi connectivity index (χ2v) is 11.1. The molecule has 13 heteroatoms. The van der Waals surface area contributed by atoms with Gasteiger partial charge in [-0.1, -0.05) is 29.2 Å². The third kappa shape index (κ3) is 5.30. The van der Waals surface area contributed by atoms with Crippen molar-refractivity contribution in [1.29, 1.82) is 5.26 Å². The van der Waals surface area contributed by atoms with Crippen molar-refractivity contribution in [3.8, 4) is 22.9 Å². The summed E-state index contributed by atoms with van der Waals surface area (Å²) in [5.41, 5.74) is 3.71. The minimum absolute atomic E-state index is 0.141. The molecule has 5 rings (SSSR count). The first-order valence-corrected chi connectivity index (χ1v) is 13.3. The minimum atomic E-state index is -0.717. The number of nitriles is 1. The highest BCUT2D eigenvalue weighted by Crippen LogP contribution is 2.43. The lowest BCUT2D eigenvalue weighted by Gasteiger charge is -2.13. The molecule has 0 spiro atoms. The van der Waals surface area contributed by atoms with Crippen LogP contribution in [0, 0.1) is 28.4 Å². The number of ether oxygens (including phenoxy) is 1. The van der Waals surface area contributed by atoms with Gasteiger partial charge in [-0.25, -0.2) is 0 Å². The largest absolute Gasteiger partial charge is 0.496 e. The highest BCUT2D eigenvalue weighted by molar-refractivity contribution is 8.01. The first kappa shape index (κ1) is 26.2. The molecule has 39 heavy (non-hydrogen) atoms.